The molecule has 1 rings (SSSR count). The molecule has 0 radical (unpaired) electrons. The maximum Gasteiger partial charge on any atom is 0.191 e. The summed E-state index contributed by atoms with van der Waals surface area (Å²) in [4.78, 5) is 0. The Balaban J connectivity index is 2.64. The fraction of sp³-hybridized carbons (Fsp3) is 0.571. The van der Waals surface area contributed by atoms with Crippen molar-refractivity contribution in [2.45, 2.75) is 20.1 Å². The third-order valence-corrected chi connectivity index (χ3v) is 2.42. The lowest BCUT2D eigenvalue weighted by atomic mass is 10.3. The highest BCUT2D eigenvalue weighted by molar-refractivity contribution is 5.41. The van der Waals surface area contributed by atoms with Gasteiger partial charge >= 0.3 is 0 Å². The van der Waals surface area contributed by atoms with E-state index in [0.29, 0.717) is 37.1 Å². The monoisotopic (exact) mass is 270 g/mol. The Kier molecular flexibility index (Phi) is 7.07. The van der Waals surface area contributed by atoms with E-state index in [1.54, 1.807) is 32.4 Å². The molecule has 0 saturated heterocycles. The van der Waals surface area contributed by atoms with Gasteiger partial charge in [-0.1, -0.05) is 0 Å². The Morgan fingerprint density at radius 3 is 1.74 bits per heavy atom. The smallest absolute Gasteiger partial charge is 0.191 e. The zero-order chi connectivity index (χ0) is 14.1. The lowest BCUT2D eigenvalue weighted by Gasteiger charge is -2.18. The summed E-state index contributed by atoms with van der Waals surface area (Å²) in [6.07, 6.45) is -0.368. The summed E-state index contributed by atoms with van der Waals surface area (Å²) in [7, 11) is 3.20. The fourth-order valence-corrected chi connectivity index (χ4v) is 1.55. The number of benzene rings is 1. The van der Waals surface area contributed by atoms with E-state index < -0.39 is 0 Å². The molecule has 0 aromatic heterocycles. The molecule has 0 fully saturated rings. The molecule has 0 unspecified atom stereocenters. The van der Waals surface area contributed by atoms with Crippen molar-refractivity contribution in [3.05, 3.63) is 18.2 Å². The SMILES string of the molecule is CCOC(COc1cc(OC)cc(OC)c1)OCC. The number of hydrogen-bond acceptors (Lipinski definition) is 5. The summed E-state index contributed by atoms with van der Waals surface area (Å²) in [5.74, 6) is 2.01. The van der Waals surface area contributed by atoms with Gasteiger partial charge in [0, 0.05) is 31.4 Å². The van der Waals surface area contributed by atoms with Crippen molar-refractivity contribution < 1.29 is 23.7 Å². The van der Waals surface area contributed by atoms with Gasteiger partial charge in [0.05, 0.1) is 14.2 Å². The van der Waals surface area contributed by atoms with Gasteiger partial charge < -0.3 is 23.7 Å². The van der Waals surface area contributed by atoms with Crippen LogP contribution in [0.4, 0.5) is 0 Å². The molecule has 5 nitrogen and oxygen atoms in total. The Bertz CT molecular complexity index is 339. The van der Waals surface area contributed by atoms with Crippen LogP contribution in [-0.2, 0) is 9.47 Å². The van der Waals surface area contributed by atoms with Crippen LogP contribution in [0.25, 0.3) is 0 Å². The molecule has 0 spiro atoms. The molecule has 0 atom stereocenters. The van der Waals surface area contributed by atoms with E-state index >= 15 is 0 Å². The normalized spacial score (nSPS) is 10.6. The lowest BCUT2D eigenvalue weighted by molar-refractivity contribution is -0.152. The molecule has 0 amide bonds. The molecule has 19 heavy (non-hydrogen) atoms. The Hall–Kier alpha value is -1.46. The Labute approximate surface area is 114 Å². The molecule has 5 heteroatoms. The topological polar surface area (TPSA) is 46.2 Å². The quantitative estimate of drug-likeness (QED) is 0.645. The maximum absolute atomic E-state index is 5.65. The highest BCUT2D eigenvalue weighted by Crippen LogP contribution is 2.27. The van der Waals surface area contributed by atoms with Crippen LogP contribution in [0.1, 0.15) is 13.8 Å². The molecule has 108 valence electrons. The van der Waals surface area contributed by atoms with E-state index in [2.05, 4.69) is 0 Å². The number of ether oxygens (including phenoxy) is 5. The van der Waals surface area contributed by atoms with Gasteiger partial charge in [0.2, 0.25) is 0 Å². The number of hydrogen-bond donors (Lipinski definition) is 0. The van der Waals surface area contributed by atoms with Gasteiger partial charge in [0.1, 0.15) is 23.9 Å². The summed E-state index contributed by atoms with van der Waals surface area (Å²) in [6.45, 7) is 5.31. The largest absolute Gasteiger partial charge is 0.496 e. The van der Waals surface area contributed by atoms with Crippen molar-refractivity contribution in [3.8, 4) is 17.2 Å². The van der Waals surface area contributed by atoms with Crippen molar-refractivity contribution in [2.75, 3.05) is 34.0 Å². The second-order valence-electron chi connectivity index (χ2n) is 3.70. The van der Waals surface area contributed by atoms with E-state index in [0.717, 1.165) is 0 Å². The first-order valence-corrected chi connectivity index (χ1v) is 6.32. The van der Waals surface area contributed by atoms with E-state index in [-0.39, 0.29) is 6.29 Å². The minimum absolute atomic E-state index is 0.317. The molecule has 1 aromatic rings. The first-order chi connectivity index (χ1) is 9.23. The van der Waals surface area contributed by atoms with Crippen molar-refractivity contribution in [1.29, 1.82) is 0 Å². The van der Waals surface area contributed by atoms with Crippen LogP contribution < -0.4 is 14.2 Å². The van der Waals surface area contributed by atoms with Crippen LogP contribution in [0.2, 0.25) is 0 Å². The maximum atomic E-state index is 5.65. The minimum Gasteiger partial charge on any atom is -0.496 e. The first kappa shape index (κ1) is 15.6. The average molecular weight is 270 g/mol. The van der Waals surface area contributed by atoms with Crippen molar-refractivity contribution in [3.63, 3.8) is 0 Å². The summed E-state index contributed by atoms with van der Waals surface area (Å²) in [6, 6.07) is 5.37. The van der Waals surface area contributed by atoms with Gasteiger partial charge in [0.15, 0.2) is 6.29 Å². The van der Waals surface area contributed by atoms with Gasteiger partial charge in [-0.3, -0.25) is 0 Å². The van der Waals surface area contributed by atoms with Crippen LogP contribution in [-0.4, -0.2) is 40.3 Å². The number of rotatable bonds is 9. The van der Waals surface area contributed by atoms with Crippen LogP contribution in [0, 0.1) is 0 Å². The van der Waals surface area contributed by atoms with Crippen molar-refractivity contribution in [1.82, 2.24) is 0 Å². The van der Waals surface area contributed by atoms with Gasteiger partial charge in [-0.2, -0.15) is 0 Å². The molecular formula is C14H22O5. The van der Waals surface area contributed by atoms with Gasteiger partial charge in [-0.15, -0.1) is 0 Å². The molecule has 0 aliphatic rings. The molecule has 0 bridgehead atoms. The zero-order valence-corrected chi connectivity index (χ0v) is 12.0. The van der Waals surface area contributed by atoms with Crippen LogP contribution in [0.5, 0.6) is 17.2 Å². The van der Waals surface area contributed by atoms with Gasteiger partial charge in [0.25, 0.3) is 0 Å². The van der Waals surface area contributed by atoms with E-state index in [4.69, 9.17) is 23.7 Å². The fourth-order valence-electron chi connectivity index (χ4n) is 1.55. The van der Waals surface area contributed by atoms with Gasteiger partial charge in [-0.25, -0.2) is 0 Å². The van der Waals surface area contributed by atoms with Gasteiger partial charge in [-0.05, 0) is 13.8 Å². The summed E-state index contributed by atoms with van der Waals surface area (Å²) < 4.78 is 26.8. The molecule has 0 N–H and O–H groups in total. The van der Waals surface area contributed by atoms with Crippen LogP contribution in [0.3, 0.4) is 0 Å². The predicted molar refractivity (Wildman–Crippen MR) is 72.1 cm³/mol. The third kappa shape index (κ3) is 5.36. The highest BCUT2D eigenvalue weighted by Gasteiger charge is 2.10. The molecule has 0 heterocycles. The van der Waals surface area contributed by atoms with E-state index in [9.17, 15) is 0 Å². The average Bonchev–Trinajstić information content (AvgIpc) is 2.44. The molecular weight excluding hydrogens is 248 g/mol. The van der Waals surface area contributed by atoms with Crippen molar-refractivity contribution in [2.24, 2.45) is 0 Å². The summed E-state index contributed by atoms with van der Waals surface area (Å²) in [5.41, 5.74) is 0. The van der Waals surface area contributed by atoms with Crippen molar-refractivity contribution >= 4 is 0 Å². The molecule has 0 saturated carbocycles. The second-order valence-corrected chi connectivity index (χ2v) is 3.70. The summed E-state index contributed by atoms with van der Waals surface area (Å²) in [5, 5.41) is 0. The molecule has 0 aliphatic heterocycles. The summed E-state index contributed by atoms with van der Waals surface area (Å²) >= 11 is 0. The van der Waals surface area contributed by atoms with E-state index in [1.165, 1.54) is 0 Å². The van der Waals surface area contributed by atoms with E-state index in [1.807, 2.05) is 13.8 Å². The number of methoxy groups -OCH3 is 2. The zero-order valence-electron chi connectivity index (χ0n) is 12.0. The highest BCUT2D eigenvalue weighted by atomic mass is 16.7. The Morgan fingerprint density at radius 2 is 1.32 bits per heavy atom. The van der Waals surface area contributed by atoms with Crippen LogP contribution >= 0.6 is 0 Å². The first-order valence-electron chi connectivity index (χ1n) is 6.32. The standard InChI is InChI=1S/C14H22O5/c1-5-17-14(18-6-2)10-19-13-8-11(15-3)7-12(9-13)16-4/h7-9,14H,5-6,10H2,1-4H3. The minimum atomic E-state index is -0.368. The third-order valence-electron chi connectivity index (χ3n) is 2.42. The molecule has 0 aliphatic carbocycles. The Morgan fingerprint density at radius 1 is 0.842 bits per heavy atom. The second kappa shape index (κ2) is 8.61. The predicted octanol–water partition coefficient (Wildman–Crippen LogP) is 2.48. The lowest BCUT2D eigenvalue weighted by Crippen LogP contribution is -2.25. The van der Waals surface area contributed by atoms with Crippen LogP contribution in [0.15, 0.2) is 18.2 Å². The molecule has 1 aromatic carbocycles.